The zero-order valence-corrected chi connectivity index (χ0v) is 21.6. The van der Waals surface area contributed by atoms with E-state index in [4.69, 9.17) is 21.1 Å². The summed E-state index contributed by atoms with van der Waals surface area (Å²) >= 11 is 6.21. The highest BCUT2D eigenvalue weighted by Crippen LogP contribution is 2.31. The minimum absolute atomic E-state index is 0.0312. The highest BCUT2D eigenvalue weighted by Gasteiger charge is 2.18. The van der Waals surface area contributed by atoms with Gasteiger partial charge in [0.1, 0.15) is 17.5 Å². The lowest BCUT2D eigenvalue weighted by molar-refractivity contribution is 0.0950. The van der Waals surface area contributed by atoms with E-state index in [0.29, 0.717) is 30.0 Å². The summed E-state index contributed by atoms with van der Waals surface area (Å²) < 4.78 is 10.7. The molecule has 0 saturated heterocycles. The van der Waals surface area contributed by atoms with E-state index in [1.54, 1.807) is 14.0 Å². The maximum Gasteiger partial charge on any atom is 0.251 e. The van der Waals surface area contributed by atoms with Crippen molar-refractivity contribution in [2.75, 3.05) is 38.8 Å². The standard InChI is InChI=1S/C27H32ClN3O4/c1-6-31(4)24-15-20(19-7-9-21(10-8-19)35-12-11-34-5)14-22(18(24)3)27(33)29-16-23-25(32)13-17(2)30-26(23)28/h7-10,13-15H,6,11-12,16H2,1-5H3,(H,29,33)(H,30,32). The van der Waals surface area contributed by atoms with E-state index < -0.39 is 0 Å². The van der Waals surface area contributed by atoms with Gasteiger partial charge in [-0.25, -0.2) is 0 Å². The molecule has 0 spiro atoms. The molecular weight excluding hydrogens is 466 g/mol. The van der Waals surface area contributed by atoms with Crippen molar-refractivity contribution in [2.24, 2.45) is 0 Å². The van der Waals surface area contributed by atoms with Crippen LogP contribution in [0.15, 0.2) is 47.3 Å². The van der Waals surface area contributed by atoms with Gasteiger partial charge in [-0.15, -0.1) is 0 Å². The summed E-state index contributed by atoms with van der Waals surface area (Å²) in [5.74, 6) is 0.479. The number of benzene rings is 2. The van der Waals surface area contributed by atoms with E-state index in [1.165, 1.54) is 6.07 Å². The number of aromatic nitrogens is 1. The topological polar surface area (TPSA) is 83.7 Å². The summed E-state index contributed by atoms with van der Waals surface area (Å²) in [6.07, 6.45) is 0. The number of aromatic amines is 1. The van der Waals surface area contributed by atoms with Crippen LogP contribution in [0, 0.1) is 13.8 Å². The molecule has 2 aromatic carbocycles. The minimum Gasteiger partial charge on any atom is -0.491 e. The quantitative estimate of drug-likeness (QED) is 0.313. The molecule has 0 radical (unpaired) electrons. The summed E-state index contributed by atoms with van der Waals surface area (Å²) in [4.78, 5) is 30.6. The number of pyridine rings is 1. The van der Waals surface area contributed by atoms with Crippen LogP contribution in [0.2, 0.25) is 5.15 Å². The highest BCUT2D eigenvalue weighted by molar-refractivity contribution is 6.30. The number of carbonyl (C=O) groups is 1. The third-order valence-corrected chi connectivity index (χ3v) is 6.22. The van der Waals surface area contributed by atoms with Crippen LogP contribution in [0.1, 0.15) is 34.1 Å². The number of hydrogen-bond donors (Lipinski definition) is 2. The molecule has 0 fully saturated rings. The maximum atomic E-state index is 13.3. The predicted octanol–water partition coefficient (Wildman–Crippen LogP) is 4.72. The van der Waals surface area contributed by atoms with Gasteiger partial charge in [0.15, 0.2) is 5.43 Å². The first-order valence-electron chi connectivity index (χ1n) is 11.5. The fourth-order valence-corrected chi connectivity index (χ4v) is 4.07. The van der Waals surface area contributed by atoms with E-state index in [0.717, 1.165) is 34.7 Å². The Morgan fingerprint density at radius 3 is 2.43 bits per heavy atom. The van der Waals surface area contributed by atoms with Crippen molar-refractivity contribution >= 4 is 23.2 Å². The molecule has 3 aromatic rings. The van der Waals surface area contributed by atoms with Crippen LogP contribution in [-0.4, -0.2) is 44.8 Å². The molecule has 0 atom stereocenters. The second-order valence-corrected chi connectivity index (χ2v) is 8.72. The Morgan fingerprint density at radius 2 is 1.80 bits per heavy atom. The van der Waals surface area contributed by atoms with Crippen molar-refractivity contribution in [3.8, 4) is 16.9 Å². The monoisotopic (exact) mass is 497 g/mol. The van der Waals surface area contributed by atoms with Crippen molar-refractivity contribution < 1.29 is 14.3 Å². The lowest BCUT2D eigenvalue weighted by Crippen LogP contribution is -2.28. The largest absolute Gasteiger partial charge is 0.491 e. The number of H-pyrrole nitrogens is 1. The molecule has 7 nitrogen and oxygen atoms in total. The summed E-state index contributed by atoms with van der Waals surface area (Å²) in [6, 6.07) is 13.2. The maximum absolute atomic E-state index is 13.3. The van der Waals surface area contributed by atoms with Gasteiger partial charge in [0, 0.05) is 50.3 Å². The van der Waals surface area contributed by atoms with Gasteiger partial charge in [-0.2, -0.15) is 0 Å². The number of halogens is 1. The molecule has 1 amide bonds. The molecule has 0 bridgehead atoms. The van der Waals surface area contributed by atoms with Crippen LogP contribution in [0.5, 0.6) is 5.75 Å². The van der Waals surface area contributed by atoms with Gasteiger partial charge < -0.3 is 24.7 Å². The third-order valence-electron chi connectivity index (χ3n) is 5.90. The number of hydrogen-bond acceptors (Lipinski definition) is 5. The van der Waals surface area contributed by atoms with Crippen LogP contribution < -0.4 is 20.4 Å². The fourth-order valence-electron chi connectivity index (χ4n) is 3.76. The van der Waals surface area contributed by atoms with E-state index in [9.17, 15) is 9.59 Å². The average molecular weight is 498 g/mol. The SMILES string of the molecule is CCN(C)c1cc(-c2ccc(OCCOC)cc2)cc(C(=O)NCc2c(Cl)[nH]c(C)cc2=O)c1C. The number of nitrogens with zero attached hydrogens (tertiary/aromatic N) is 1. The first kappa shape index (κ1) is 26.3. The van der Waals surface area contributed by atoms with Crippen LogP contribution >= 0.6 is 11.6 Å². The van der Waals surface area contributed by atoms with E-state index >= 15 is 0 Å². The molecule has 0 unspecified atom stereocenters. The second-order valence-electron chi connectivity index (χ2n) is 8.34. The van der Waals surface area contributed by atoms with E-state index in [2.05, 4.69) is 28.2 Å². The Balaban J connectivity index is 1.91. The van der Waals surface area contributed by atoms with Gasteiger partial charge in [-0.05, 0) is 61.7 Å². The van der Waals surface area contributed by atoms with Crippen molar-refractivity contribution in [3.63, 3.8) is 0 Å². The van der Waals surface area contributed by atoms with Crippen molar-refractivity contribution in [2.45, 2.75) is 27.3 Å². The molecule has 0 aliphatic heterocycles. The van der Waals surface area contributed by atoms with Crippen LogP contribution in [0.3, 0.4) is 0 Å². The Bertz CT molecular complexity index is 1240. The number of carbonyl (C=O) groups excluding carboxylic acids is 1. The van der Waals surface area contributed by atoms with Crippen molar-refractivity contribution in [3.05, 3.63) is 80.2 Å². The van der Waals surface area contributed by atoms with Crippen LogP contribution in [-0.2, 0) is 11.3 Å². The molecule has 8 heteroatoms. The third kappa shape index (κ3) is 6.44. The van der Waals surface area contributed by atoms with Crippen LogP contribution in [0.4, 0.5) is 5.69 Å². The molecule has 1 aromatic heterocycles. The number of ether oxygens (including phenoxy) is 2. The smallest absolute Gasteiger partial charge is 0.251 e. The Morgan fingerprint density at radius 1 is 1.09 bits per heavy atom. The number of aryl methyl sites for hydroxylation is 1. The average Bonchev–Trinajstić information content (AvgIpc) is 2.83. The second kappa shape index (κ2) is 11.9. The summed E-state index contributed by atoms with van der Waals surface area (Å²) in [5, 5.41) is 3.10. The van der Waals surface area contributed by atoms with Crippen molar-refractivity contribution in [1.29, 1.82) is 0 Å². The normalized spacial score (nSPS) is 10.8. The van der Waals surface area contributed by atoms with Gasteiger partial charge in [0.05, 0.1) is 12.2 Å². The Labute approximate surface area is 211 Å². The molecule has 0 aliphatic rings. The summed E-state index contributed by atoms with van der Waals surface area (Å²) in [7, 11) is 3.63. The molecule has 186 valence electrons. The number of nitrogens with one attached hydrogen (secondary N) is 2. The highest BCUT2D eigenvalue weighted by atomic mass is 35.5. The predicted molar refractivity (Wildman–Crippen MR) is 141 cm³/mol. The molecule has 35 heavy (non-hydrogen) atoms. The lowest BCUT2D eigenvalue weighted by Gasteiger charge is -2.23. The van der Waals surface area contributed by atoms with Gasteiger partial charge >= 0.3 is 0 Å². The summed E-state index contributed by atoms with van der Waals surface area (Å²) in [6.45, 7) is 7.56. The molecule has 2 N–H and O–H groups in total. The van der Waals surface area contributed by atoms with Gasteiger partial charge in [-0.1, -0.05) is 23.7 Å². The number of anilines is 1. The number of methoxy groups -OCH3 is 1. The first-order chi connectivity index (χ1) is 16.7. The Hall–Kier alpha value is -3.29. The first-order valence-corrected chi connectivity index (χ1v) is 11.9. The summed E-state index contributed by atoms with van der Waals surface area (Å²) in [5.41, 5.74) is 5.01. The van der Waals surface area contributed by atoms with E-state index in [-0.39, 0.29) is 23.0 Å². The number of rotatable bonds is 10. The minimum atomic E-state index is -0.273. The van der Waals surface area contributed by atoms with Gasteiger partial charge in [-0.3, -0.25) is 9.59 Å². The zero-order valence-electron chi connectivity index (χ0n) is 20.8. The molecule has 3 rings (SSSR count). The molecule has 0 aliphatic carbocycles. The van der Waals surface area contributed by atoms with Gasteiger partial charge in [0.2, 0.25) is 0 Å². The lowest BCUT2D eigenvalue weighted by atomic mass is 9.96. The fraction of sp³-hybridized carbons (Fsp3) is 0.333. The van der Waals surface area contributed by atoms with Crippen molar-refractivity contribution in [1.82, 2.24) is 10.3 Å². The van der Waals surface area contributed by atoms with E-state index in [1.807, 2.05) is 44.3 Å². The van der Waals surface area contributed by atoms with Crippen LogP contribution in [0.25, 0.3) is 11.1 Å². The molecule has 1 heterocycles. The molecule has 0 saturated carbocycles. The van der Waals surface area contributed by atoms with Gasteiger partial charge in [0.25, 0.3) is 5.91 Å². The molecular formula is C27H32ClN3O4. The Kier molecular flexibility index (Phi) is 8.95. The zero-order chi connectivity index (χ0) is 25.5. The number of amides is 1.